The Labute approximate surface area is 181 Å². The standard InChI is InChI=1S/C22H26ClN5O2/c1-22(2,3)30-21(29)26-12-4-11-25-20-18(15-9-13-24-14-10-15)19(27-28-20)16-5-7-17(23)8-6-16/h5-10,13-14H,4,11-12H2,1-3H3,(H,26,29)(H2,25,27,28). The molecule has 0 atom stereocenters. The molecule has 0 unspecified atom stereocenters. The predicted octanol–water partition coefficient (Wildman–Crippen LogP) is 5.12. The number of nitrogens with one attached hydrogen (secondary N) is 3. The van der Waals surface area contributed by atoms with Crippen LogP contribution in [-0.2, 0) is 4.74 Å². The first-order valence-corrected chi connectivity index (χ1v) is 10.2. The van der Waals surface area contributed by atoms with Crippen molar-refractivity contribution in [1.29, 1.82) is 0 Å². The third-order valence-electron chi connectivity index (χ3n) is 4.18. The van der Waals surface area contributed by atoms with Crippen LogP contribution in [0.4, 0.5) is 10.6 Å². The smallest absolute Gasteiger partial charge is 0.407 e. The van der Waals surface area contributed by atoms with Crippen molar-refractivity contribution in [3.8, 4) is 22.4 Å². The fourth-order valence-electron chi connectivity index (χ4n) is 2.89. The number of aromatic nitrogens is 3. The van der Waals surface area contributed by atoms with Crippen LogP contribution >= 0.6 is 11.6 Å². The van der Waals surface area contributed by atoms with Gasteiger partial charge in [-0.25, -0.2) is 4.79 Å². The molecule has 2 aromatic heterocycles. The number of carbonyl (C=O) groups excluding carboxylic acids is 1. The summed E-state index contributed by atoms with van der Waals surface area (Å²) < 4.78 is 5.24. The van der Waals surface area contributed by atoms with Crippen LogP contribution in [0.3, 0.4) is 0 Å². The second-order valence-corrected chi connectivity index (χ2v) is 8.21. The Bertz CT molecular complexity index is 965. The van der Waals surface area contributed by atoms with Crippen molar-refractivity contribution in [3.63, 3.8) is 0 Å². The van der Waals surface area contributed by atoms with Crippen LogP contribution in [0, 0.1) is 0 Å². The van der Waals surface area contributed by atoms with Crippen molar-refractivity contribution in [1.82, 2.24) is 20.5 Å². The lowest BCUT2D eigenvalue weighted by atomic mass is 10.0. The molecule has 30 heavy (non-hydrogen) atoms. The number of amides is 1. The molecule has 3 rings (SSSR count). The van der Waals surface area contributed by atoms with Crippen LogP contribution in [0.2, 0.25) is 5.02 Å². The van der Waals surface area contributed by atoms with Gasteiger partial charge in [0.1, 0.15) is 5.60 Å². The second kappa shape index (κ2) is 9.63. The third kappa shape index (κ3) is 5.97. The number of carbonyl (C=O) groups is 1. The average molecular weight is 428 g/mol. The predicted molar refractivity (Wildman–Crippen MR) is 120 cm³/mol. The Morgan fingerprint density at radius 2 is 1.77 bits per heavy atom. The van der Waals surface area contributed by atoms with Gasteiger partial charge in [0.25, 0.3) is 0 Å². The van der Waals surface area contributed by atoms with Gasteiger partial charge in [0.2, 0.25) is 0 Å². The highest BCUT2D eigenvalue weighted by molar-refractivity contribution is 6.30. The zero-order valence-electron chi connectivity index (χ0n) is 17.3. The van der Waals surface area contributed by atoms with E-state index < -0.39 is 11.7 Å². The Balaban J connectivity index is 1.68. The van der Waals surface area contributed by atoms with Gasteiger partial charge in [-0.3, -0.25) is 10.1 Å². The molecular weight excluding hydrogens is 402 g/mol. The molecule has 0 saturated carbocycles. The Hall–Kier alpha value is -3.06. The van der Waals surface area contributed by atoms with E-state index in [1.54, 1.807) is 12.4 Å². The largest absolute Gasteiger partial charge is 0.444 e. The van der Waals surface area contributed by atoms with Crippen molar-refractivity contribution in [2.75, 3.05) is 18.4 Å². The summed E-state index contributed by atoms with van der Waals surface area (Å²) in [6.45, 7) is 6.65. The molecular formula is C22H26ClN5O2. The molecule has 0 fully saturated rings. The van der Waals surface area contributed by atoms with E-state index in [4.69, 9.17) is 16.3 Å². The van der Waals surface area contributed by atoms with E-state index >= 15 is 0 Å². The molecule has 0 saturated heterocycles. The van der Waals surface area contributed by atoms with E-state index in [0.29, 0.717) is 18.1 Å². The molecule has 2 heterocycles. The SMILES string of the molecule is CC(C)(C)OC(=O)NCCCNc1n[nH]c(-c2ccc(Cl)cc2)c1-c1ccncc1. The first-order valence-electron chi connectivity index (χ1n) is 9.79. The maximum absolute atomic E-state index is 11.7. The molecule has 1 amide bonds. The lowest BCUT2D eigenvalue weighted by Crippen LogP contribution is -2.33. The van der Waals surface area contributed by atoms with Crippen LogP contribution in [0.25, 0.3) is 22.4 Å². The summed E-state index contributed by atoms with van der Waals surface area (Å²) in [6, 6.07) is 11.5. The van der Waals surface area contributed by atoms with Crippen molar-refractivity contribution in [3.05, 3.63) is 53.8 Å². The number of ether oxygens (including phenoxy) is 1. The van der Waals surface area contributed by atoms with Gasteiger partial charge in [0.05, 0.1) is 11.3 Å². The minimum atomic E-state index is -0.505. The van der Waals surface area contributed by atoms with Crippen molar-refractivity contribution < 1.29 is 9.53 Å². The molecule has 1 aromatic carbocycles. The molecule has 0 aliphatic carbocycles. The Morgan fingerprint density at radius 3 is 2.43 bits per heavy atom. The summed E-state index contributed by atoms with van der Waals surface area (Å²) >= 11 is 6.03. The zero-order valence-corrected chi connectivity index (χ0v) is 18.1. The van der Waals surface area contributed by atoms with E-state index in [0.717, 1.165) is 34.6 Å². The number of benzene rings is 1. The summed E-state index contributed by atoms with van der Waals surface area (Å²) in [5.41, 5.74) is 3.33. The highest BCUT2D eigenvalue weighted by Crippen LogP contribution is 2.36. The van der Waals surface area contributed by atoms with Gasteiger partial charge < -0.3 is 15.4 Å². The molecule has 7 nitrogen and oxygen atoms in total. The second-order valence-electron chi connectivity index (χ2n) is 7.77. The number of aromatic amines is 1. The van der Waals surface area contributed by atoms with Crippen LogP contribution in [0.15, 0.2) is 48.8 Å². The number of alkyl carbamates (subject to hydrolysis) is 1. The van der Waals surface area contributed by atoms with Gasteiger partial charge in [-0.1, -0.05) is 23.7 Å². The van der Waals surface area contributed by atoms with Crippen LogP contribution in [0.1, 0.15) is 27.2 Å². The number of nitrogens with zero attached hydrogens (tertiary/aromatic N) is 2. The number of anilines is 1. The summed E-state index contributed by atoms with van der Waals surface area (Å²) in [6.07, 6.45) is 3.81. The number of pyridine rings is 1. The number of halogens is 1. The normalized spacial score (nSPS) is 11.2. The summed E-state index contributed by atoms with van der Waals surface area (Å²) in [5, 5.41) is 14.4. The molecule has 3 N–H and O–H groups in total. The molecule has 158 valence electrons. The van der Waals surface area contributed by atoms with E-state index in [9.17, 15) is 4.79 Å². The number of hydrogen-bond acceptors (Lipinski definition) is 5. The van der Waals surface area contributed by atoms with Gasteiger partial charge >= 0.3 is 6.09 Å². The van der Waals surface area contributed by atoms with E-state index in [1.807, 2.05) is 57.2 Å². The van der Waals surface area contributed by atoms with Gasteiger partial charge in [-0.15, -0.1) is 0 Å². The molecule has 0 spiro atoms. The van der Waals surface area contributed by atoms with Gasteiger partial charge in [-0.05, 0) is 57.0 Å². The Morgan fingerprint density at radius 1 is 1.07 bits per heavy atom. The zero-order chi connectivity index (χ0) is 21.6. The van der Waals surface area contributed by atoms with Crippen LogP contribution < -0.4 is 10.6 Å². The number of H-pyrrole nitrogens is 1. The van der Waals surface area contributed by atoms with Crippen molar-refractivity contribution in [2.45, 2.75) is 32.8 Å². The lowest BCUT2D eigenvalue weighted by molar-refractivity contribution is 0.0528. The highest BCUT2D eigenvalue weighted by Gasteiger charge is 2.17. The lowest BCUT2D eigenvalue weighted by Gasteiger charge is -2.19. The van der Waals surface area contributed by atoms with Crippen LogP contribution in [0.5, 0.6) is 0 Å². The van der Waals surface area contributed by atoms with Crippen molar-refractivity contribution >= 4 is 23.5 Å². The van der Waals surface area contributed by atoms with Crippen molar-refractivity contribution in [2.24, 2.45) is 0 Å². The molecule has 0 radical (unpaired) electrons. The minimum absolute atomic E-state index is 0.412. The average Bonchev–Trinajstić information content (AvgIpc) is 3.11. The summed E-state index contributed by atoms with van der Waals surface area (Å²) in [7, 11) is 0. The molecule has 3 aromatic rings. The van der Waals surface area contributed by atoms with Gasteiger partial charge in [0, 0.05) is 36.1 Å². The monoisotopic (exact) mass is 427 g/mol. The first kappa shape index (κ1) is 21.6. The maximum Gasteiger partial charge on any atom is 0.407 e. The quantitative estimate of drug-likeness (QED) is 0.455. The maximum atomic E-state index is 11.7. The molecule has 0 bridgehead atoms. The first-order chi connectivity index (χ1) is 14.3. The molecule has 0 aliphatic rings. The summed E-state index contributed by atoms with van der Waals surface area (Å²) in [4.78, 5) is 15.8. The van der Waals surface area contributed by atoms with E-state index in [2.05, 4.69) is 25.8 Å². The minimum Gasteiger partial charge on any atom is -0.444 e. The molecule has 8 heteroatoms. The number of hydrogen-bond donors (Lipinski definition) is 3. The van der Waals surface area contributed by atoms with Gasteiger partial charge in [-0.2, -0.15) is 5.10 Å². The van der Waals surface area contributed by atoms with Crippen LogP contribution in [-0.4, -0.2) is 40.0 Å². The fraction of sp³-hybridized carbons (Fsp3) is 0.318. The number of rotatable bonds is 7. The van der Waals surface area contributed by atoms with Gasteiger partial charge in [0.15, 0.2) is 5.82 Å². The van der Waals surface area contributed by atoms with E-state index in [1.165, 1.54) is 0 Å². The highest BCUT2D eigenvalue weighted by atomic mass is 35.5. The van der Waals surface area contributed by atoms with E-state index in [-0.39, 0.29) is 0 Å². The Kier molecular flexibility index (Phi) is 6.95. The fourth-order valence-corrected chi connectivity index (χ4v) is 3.02. The third-order valence-corrected chi connectivity index (χ3v) is 4.43. The topological polar surface area (TPSA) is 91.9 Å². The molecule has 0 aliphatic heterocycles. The summed E-state index contributed by atoms with van der Waals surface area (Å²) in [5.74, 6) is 0.739.